The van der Waals surface area contributed by atoms with Crippen molar-refractivity contribution in [2.45, 2.75) is 18.7 Å². The second-order valence-corrected chi connectivity index (χ2v) is 9.26. The quantitative estimate of drug-likeness (QED) is 0.741. The van der Waals surface area contributed by atoms with Gasteiger partial charge in [0.25, 0.3) is 5.91 Å². The maximum absolute atomic E-state index is 12.8. The smallest absolute Gasteiger partial charge is 0.253 e. The maximum atomic E-state index is 12.8. The Hall–Kier alpha value is -1.70. The second kappa shape index (κ2) is 7.50. The van der Waals surface area contributed by atoms with E-state index in [9.17, 15) is 13.2 Å². The van der Waals surface area contributed by atoms with Crippen LogP contribution in [0.2, 0.25) is 0 Å². The van der Waals surface area contributed by atoms with Crippen LogP contribution in [0.1, 0.15) is 21.5 Å². The highest BCUT2D eigenvalue weighted by atomic mass is 79.9. The van der Waals surface area contributed by atoms with E-state index >= 15 is 0 Å². The molecule has 0 spiro atoms. The molecule has 1 aliphatic heterocycles. The van der Waals surface area contributed by atoms with Crippen molar-refractivity contribution < 1.29 is 13.2 Å². The minimum absolute atomic E-state index is 0.0465. The number of halogens is 1. The van der Waals surface area contributed by atoms with Gasteiger partial charge in [-0.05, 0) is 54.0 Å². The number of hydrogen-bond acceptors (Lipinski definition) is 3. The van der Waals surface area contributed by atoms with Gasteiger partial charge in [0.05, 0.1) is 4.90 Å². The Balaban J connectivity index is 1.73. The van der Waals surface area contributed by atoms with Gasteiger partial charge in [-0.25, -0.2) is 8.42 Å². The van der Waals surface area contributed by atoms with Crippen LogP contribution in [-0.4, -0.2) is 49.7 Å². The first kappa shape index (κ1) is 19.1. The molecule has 3 rings (SSSR count). The fraction of sp³-hybridized carbons (Fsp3) is 0.316. The van der Waals surface area contributed by atoms with E-state index in [1.807, 2.05) is 32.0 Å². The first-order valence-electron chi connectivity index (χ1n) is 8.41. The molecule has 0 aromatic heterocycles. The van der Waals surface area contributed by atoms with Gasteiger partial charge < -0.3 is 4.90 Å². The standard InChI is InChI=1S/C19H21BrN2O3S/c1-14-11-15(2)13-16(12-14)19(23)21-7-9-22(10-8-21)26(24,25)18-6-4-3-5-17(18)20/h3-6,11-13H,7-10H2,1-2H3. The fourth-order valence-electron chi connectivity index (χ4n) is 3.21. The first-order chi connectivity index (χ1) is 12.3. The van der Waals surface area contributed by atoms with Crippen LogP contribution < -0.4 is 0 Å². The molecule has 7 heteroatoms. The van der Waals surface area contributed by atoms with Crippen molar-refractivity contribution in [3.05, 3.63) is 63.6 Å². The third-order valence-electron chi connectivity index (χ3n) is 4.45. The summed E-state index contributed by atoms with van der Waals surface area (Å²) in [5.74, 6) is -0.0465. The number of aryl methyl sites for hydroxylation is 2. The van der Waals surface area contributed by atoms with Crippen LogP contribution in [0.25, 0.3) is 0 Å². The highest BCUT2D eigenvalue weighted by Gasteiger charge is 2.31. The van der Waals surface area contributed by atoms with Crippen molar-refractivity contribution in [2.24, 2.45) is 0 Å². The molecule has 26 heavy (non-hydrogen) atoms. The fourth-order valence-corrected chi connectivity index (χ4v) is 5.59. The van der Waals surface area contributed by atoms with E-state index < -0.39 is 10.0 Å². The van der Waals surface area contributed by atoms with Crippen LogP contribution in [0.3, 0.4) is 0 Å². The molecule has 2 aromatic rings. The van der Waals surface area contributed by atoms with Gasteiger partial charge in [-0.3, -0.25) is 4.79 Å². The van der Waals surface area contributed by atoms with Crippen molar-refractivity contribution in [2.75, 3.05) is 26.2 Å². The highest BCUT2D eigenvalue weighted by molar-refractivity contribution is 9.10. The summed E-state index contributed by atoms with van der Waals surface area (Å²) in [6, 6.07) is 12.6. The number of amides is 1. The summed E-state index contributed by atoms with van der Waals surface area (Å²) in [5.41, 5.74) is 2.75. The van der Waals surface area contributed by atoms with Gasteiger partial charge in [0.1, 0.15) is 0 Å². The average molecular weight is 437 g/mol. The summed E-state index contributed by atoms with van der Waals surface area (Å²) in [4.78, 5) is 14.7. The zero-order valence-electron chi connectivity index (χ0n) is 14.8. The van der Waals surface area contributed by atoms with E-state index in [1.165, 1.54) is 4.31 Å². The molecular formula is C19H21BrN2O3S. The molecule has 2 aromatic carbocycles. The van der Waals surface area contributed by atoms with Crippen LogP contribution in [-0.2, 0) is 10.0 Å². The largest absolute Gasteiger partial charge is 0.336 e. The molecule has 0 bridgehead atoms. The predicted molar refractivity (Wildman–Crippen MR) is 105 cm³/mol. The lowest BCUT2D eigenvalue weighted by Gasteiger charge is -2.34. The summed E-state index contributed by atoms with van der Waals surface area (Å²) in [7, 11) is -3.57. The Morgan fingerprint density at radius 1 is 0.962 bits per heavy atom. The molecule has 0 unspecified atom stereocenters. The number of benzene rings is 2. The summed E-state index contributed by atoms with van der Waals surface area (Å²) >= 11 is 3.31. The molecule has 1 aliphatic rings. The third kappa shape index (κ3) is 3.84. The van der Waals surface area contributed by atoms with Gasteiger partial charge in [0.15, 0.2) is 0 Å². The zero-order valence-corrected chi connectivity index (χ0v) is 17.2. The monoisotopic (exact) mass is 436 g/mol. The normalized spacial score (nSPS) is 15.9. The number of piperazine rings is 1. The highest BCUT2D eigenvalue weighted by Crippen LogP contribution is 2.25. The summed E-state index contributed by atoms with van der Waals surface area (Å²) in [5, 5.41) is 0. The maximum Gasteiger partial charge on any atom is 0.253 e. The van der Waals surface area contributed by atoms with E-state index in [0.717, 1.165) is 11.1 Å². The van der Waals surface area contributed by atoms with Crippen molar-refractivity contribution in [3.8, 4) is 0 Å². The summed E-state index contributed by atoms with van der Waals surface area (Å²) in [6.07, 6.45) is 0. The van der Waals surface area contributed by atoms with E-state index in [1.54, 1.807) is 29.2 Å². The molecule has 138 valence electrons. The molecule has 1 saturated heterocycles. The average Bonchev–Trinajstić information content (AvgIpc) is 2.60. The molecule has 0 saturated carbocycles. The Kier molecular flexibility index (Phi) is 5.50. The predicted octanol–water partition coefficient (Wildman–Crippen LogP) is 3.21. The van der Waals surface area contributed by atoms with Gasteiger partial charge >= 0.3 is 0 Å². The molecule has 0 aliphatic carbocycles. The van der Waals surface area contributed by atoms with Gasteiger partial charge in [-0.1, -0.05) is 29.3 Å². The molecule has 5 nitrogen and oxygen atoms in total. The number of nitrogens with zero attached hydrogens (tertiary/aromatic N) is 2. The van der Waals surface area contributed by atoms with Crippen LogP contribution in [0, 0.1) is 13.8 Å². The van der Waals surface area contributed by atoms with Gasteiger partial charge in [-0.15, -0.1) is 0 Å². The summed E-state index contributed by atoms with van der Waals surface area (Å²) in [6.45, 7) is 5.28. The lowest BCUT2D eigenvalue weighted by atomic mass is 10.1. The van der Waals surface area contributed by atoms with Crippen LogP contribution in [0.4, 0.5) is 0 Å². The number of hydrogen-bond donors (Lipinski definition) is 0. The van der Waals surface area contributed by atoms with Crippen molar-refractivity contribution >= 4 is 31.9 Å². The molecular weight excluding hydrogens is 416 g/mol. The third-order valence-corrected chi connectivity index (χ3v) is 7.36. The Morgan fingerprint density at radius 2 is 1.54 bits per heavy atom. The lowest BCUT2D eigenvalue weighted by molar-refractivity contribution is 0.0697. The Bertz CT molecular complexity index is 915. The van der Waals surface area contributed by atoms with Crippen molar-refractivity contribution in [3.63, 3.8) is 0 Å². The second-order valence-electron chi connectivity index (χ2n) is 6.50. The van der Waals surface area contributed by atoms with Gasteiger partial charge in [0, 0.05) is 36.2 Å². The van der Waals surface area contributed by atoms with Crippen LogP contribution in [0.15, 0.2) is 51.8 Å². The Morgan fingerprint density at radius 3 is 2.12 bits per heavy atom. The minimum Gasteiger partial charge on any atom is -0.336 e. The van der Waals surface area contributed by atoms with Gasteiger partial charge in [-0.2, -0.15) is 4.31 Å². The zero-order chi connectivity index (χ0) is 18.9. The molecule has 0 radical (unpaired) electrons. The van der Waals surface area contributed by atoms with Crippen LogP contribution >= 0.6 is 15.9 Å². The number of carbonyl (C=O) groups is 1. The number of rotatable bonds is 3. The van der Waals surface area contributed by atoms with Crippen molar-refractivity contribution in [1.29, 1.82) is 0 Å². The molecule has 0 atom stereocenters. The van der Waals surface area contributed by atoms with E-state index in [0.29, 0.717) is 36.2 Å². The van der Waals surface area contributed by atoms with Gasteiger partial charge in [0.2, 0.25) is 10.0 Å². The summed E-state index contributed by atoms with van der Waals surface area (Å²) < 4.78 is 27.7. The number of carbonyl (C=O) groups excluding carboxylic acids is 1. The topological polar surface area (TPSA) is 57.7 Å². The van der Waals surface area contributed by atoms with E-state index in [4.69, 9.17) is 0 Å². The van der Waals surface area contributed by atoms with Crippen LogP contribution in [0.5, 0.6) is 0 Å². The lowest BCUT2D eigenvalue weighted by Crippen LogP contribution is -2.50. The number of sulfonamides is 1. The SMILES string of the molecule is Cc1cc(C)cc(C(=O)N2CCN(S(=O)(=O)c3ccccc3Br)CC2)c1. The van der Waals surface area contributed by atoms with Crippen molar-refractivity contribution in [1.82, 2.24) is 9.21 Å². The minimum atomic E-state index is -3.57. The molecule has 0 N–H and O–H groups in total. The van der Waals surface area contributed by atoms with E-state index in [2.05, 4.69) is 15.9 Å². The first-order valence-corrected chi connectivity index (χ1v) is 10.6. The Labute approximate surface area is 162 Å². The van der Waals surface area contributed by atoms with E-state index in [-0.39, 0.29) is 10.8 Å². The molecule has 1 fully saturated rings. The molecule has 1 amide bonds. The molecule has 1 heterocycles.